The van der Waals surface area contributed by atoms with Gasteiger partial charge in [0.1, 0.15) is 5.75 Å². The number of Topliss-reactive ketones (excluding diaryl/α,β-unsaturated/α-hetero) is 1. The van der Waals surface area contributed by atoms with Crippen LogP contribution in [-0.4, -0.2) is 43.0 Å². The number of nitrogens with zero attached hydrogens (tertiary/aromatic N) is 1. The zero-order valence-corrected chi connectivity index (χ0v) is 13.8. The molecule has 0 aromatic heterocycles. The lowest BCUT2D eigenvalue weighted by Crippen LogP contribution is -2.49. The van der Waals surface area contributed by atoms with Gasteiger partial charge in [-0.25, -0.2) is 0 Å². The lowest BCUT2D eigenvalue weighted by atomic mass is 10.1. The van der Waals surface area contributed by atoms with Crippen LogP contribution in [0.5, 0.6) is 5.75 Å². The van der Waals surface area contributed by atoms with Crippen LogP contribution in [0.4, 0.5) is 0 Å². The Balaban J connectivity index is 0.00000220. The summed E-state index contributed by atoms with van der Waals surface area (Å²) in [5.74, 6) is 0.992. The zero-order chi connectivity index (χ0) is 14.5. The van der Waals surface area contributed by atoms with Crippen molar-refractivity contribution < 1.29 is 9.53 Å². The van der Waals surface area contributed by atoms with Gasteiger partial charge in [-0.1, -0.05) is 0 Å². The molecule has 0 amide bonds. The van der Waals surface area contributed by atoms with Crippen molar-refractivity contribution in [1.82, 2.24) is 10.2 Å². The van der Waals surface area contributed by atoms with E-state index in [1.165, 1.54) is 0 Å². The average molecular weight is 313 g/mol. The average Bonchev–Trinajstić information content (AvgIpc) is 2.43. The summed E-state index contributed by atoms with van der Waals surface area (Å²) in [5.41, 5.74) is 1.86. The summed E-state index contributed by atoms with van der Waals surface area (Å²) in [5, 5.41) is 3.39. The molecule has 1 aliphatic heterocycles. The molecule has 2 rings (SSSR count). The van der Waals surface area contributed by atoms with Crippen LogP contribution in [0.3, 0.4) is 0 Å². The van der Waals surface area contributed by atoms with Crippen LogP contribution in [-0.2, 0) is 6.54 Å². The Morgan fingerprint density at radius 2 is 2.24 bits per heavy atom. The molecule has 1 aromatic rings. The lowest BCUT2D eigenvalue weighted by Gasteiger charge is -2.34. The van der Waals surface area contributed by atoms with Gasteiger partial charge >= 0.3 is 0 Å². The highest BCUT2D eigenvalue weighted by Gasteiger charge is 2.19. The Kier molecular flexibility index (Phi) is 7.15. The maximum absolute atomic E-state index is 11.6. The van der Waals surface area contributed by atoms with Crippen molar-refractivity contribution in [3.05, 3.63) is 29.3 Å². The van der Waals surface area contributed by atoms with Crippen molar-refractivity contribution in [2.45, 2.75) is 33.4 Å². The summed E-state index contributed by atoms with van der Waals surface area (Å²) >= 11 is 0. The first-order chi connectivity index (χ1) is 9.61. The highest BCUT2D eigenvalue weighted by molar-refractivity contribution is 5.94. The second-order valence-corrected chi connectivity index (χ2v) is 5.34. The van der Waals surface area contributed by atoms with E-state index in [1.54, 1.807) is 6.92 Å². The van der Waals surface area contributed by atoms with E-state index in [4.69, 9.17) is 4.74 Å². The first kappa shape index (κ1) is 18.0. The zero-order valence-electron chi connectivity index (χ0n) is 13.0. The number of hydrogen-bond acceptors (Lipinski definition) is 4. The van der Waals surface area contributed by atoms with Crippen LogP contribution in [0.1, 0.15) is 36.7 Å². The molecule has 21 heavy (non-hydrogen) atoms. The van der Waals surface area contributed by atoms with Gasteiger partial charge in [0, 0.05) is 43.3 Å². The standard InChI is InChI=1S/C16H24N2O2.ClH/c1-4-20-16-6-5-14(13(3)19)9-15(16)11-18-8-7-17-10-12(18)2;/h5-6,9,12,17H,4,7-8,10-11H2,1-3H3;1H. The smallest absolute Gasteiger partial charge is 0.159 e. The molecule has 0 radical (unpaired) electrons. The quantitative estimate of drug-likeness (QED) is 0.848. The predicted molar refractivity (Wildman–Crippen MR) is 87.6 cm³/mol. The Labute approximate surface area is 133 Å². The predicted octanol–water partition coefficient (Wildman–Crippen LogP) is 2.50. The van der Waals surface area contributed by atoms with E-state index in [-0.39, 0.29) is 18.2 Å². The number of carbonyl (C=O) groups is 1. The normalized spacial score (nSPS) is 18.9. The second kappa shape index (κ2) is 8.37. The monoisotopic (exact) mass is 312 g/mol. The molecule has 1 aromatic carbocycles. The summed E-state index contributed by atoms with van der Waals surface area (Å²) in [6.45, 7) is 10.3. The lowest BCUT2D eigenvalue weighted by molar-refractivity contribution is 0.101. The van der Waals surface area contributed by atoms with Crippen LogP contribution in [0, 0.1) is 0 Å². The highest BCUT2D eigenvalue weighted by Crippen LogP contribution is 2.23. The van der Waals surface area contributed by atoms with Gasteiger partial charge < -0.3 is 10.1 Å². The molecular formula is C16H25ClN2O2. The third kappa shape index (κ3) is 4.70. The SMILES string of the molecule is CCOc1ccc(C(C)=O)cc1CN1CCNCC1C.Cl. The number of nitrogens with one attached hydrogen (secondary N) is 1. The maximum atomic E-state index is 11.6. The molecule has 4 nitrogen and oxygen atoms in total. The van der Waals surface area contributed by atoms with Crippen molar-refractivity contribution in [1.29, 1.82) is 0 Å². The molecule has 5 heteroatoms. The number of carbonyl (C=O) groups excluding carboxylic acids is 1. The molecule has 0 saturated carbocycles. The van der Waals surface area contributed by atoms with Gasteiger partial charge in [0.05, 0.1) is 6.61 Å². The number of hydrogen-bond donors (Lipinski definition) is 1. The van der Waals surface area contributed by atoms with E-state index in [2.05, 4.69) is 17.1 Å². The van der Waals surface area contributed by atoms with Crippen molar-refractivity contribution >= 4 is 18.2 Å². The topological polar surface area (TPSA) is 41.6 Å². The van der Waals surface area contributed by atoms with E-state index in [9.17, 15) is 4.79 Å². The van der Waals surface area contributed by atoms with Crippen molar-refractivity contribution in [2.24, 2.45) is 0 Å². The van der Waals surface area contributed by atoms with Crippen LogP contribution in [0.2, 0.25) is 0 Å². The number of ketones is 1. The largest absolute Gasteiger partial charge is 0.494 e. The van der Waals surface area contributed by atoms with Crippen molar-refractivity contribution in [3.63, 3.8) is 0 Å². The third-order valence-corrected chi connectivity index (χ3v) is 3.78. The number of benzene rings is 1. The fraction of sp³-hybridized carbons (Fsp3) is 0.562. The summed E-state index contributed by atoms with van der Waals surface area (Å²) in [4.78, 5) is 14.0. The van der Waals surface area contributed by atoms with Crippen molar-refractivity contribution in [3.8, 4) is 5.75 Å². The fourth-order valence-electron chi connectivity index (χ4n) is 2.56. The van der Waals surface area contributed by atoms with Crippen LogP contribution in [0.15, 0.2) is 18.2 Å². The van der Waals surface area contributed by atoms with Gasteiger partial charge in [0.2, 0.25) is 0 Å². The molecule has 1 N–H and O–H groups in total. The molecule has 1 aliphatic rings. The van der Waals surface area contributed by atoms with Gasteiger partial charge in [0.25, 0.3) is 0 Å². The summed E-state index contributed by atoms with van der Waals surface area (Å²) in [6.07, 6.45) is 0. The van der Waals surface area contributed by atoms with E-state index in [1.807, 2.05) is 25.1 Å². The third-order valence-electron chi connectivity index (χ3n) is 3.78. The second-order valence-electron chi connectivity index (χ2n) is 5.34. The van der Waals surface area contributed by atoms with Gasteiger partial charge in [0.15, 0.2) is 5.78 Å². The Morgan fingerprint density at radius 1 is 1.48 bits per heavy atom. The van der Waals surface area contributed by atoms with E-state index >= 15 is 0 Å². The Bertz CT molecular complexity index is 479. The molecule has 1 heterocycles. The summed E-state index contributed by atoms with van der Waals surface area (Å²) in [7, 11) is 0. The number of halogens is 1. The van der Waals surface area contributed by atoms with Gasteiger partial charge in [-0.3, -0.25) is 9.69 Å². The van der Waals surface area contributed by atoms with E-state index < -0.39 is 0 Å². The molecule has 1 unspecified atom stereocenters. The highest BCUT2D eigenvalue weighted by atomic mass is 35.5. The van der Waals surface area contributed by atoms with Gasteiger partial charge in [-0.05, 0) is 39.0 Å². The molecule has 0 aliphatic carbocycles. The first-order valence-corrected chi connectivity index (χ1v) is 7.33. The first-order valence-electron chi connectivity index (χ1n) is 7.33. The maximum Gasteiger partial charge on any atom is 0.159 e. The minimum Gasteiger partial charge on any atom is -0.494 e. The van der Waals surface area contributed by atoms with Crippen LogP contribution in [0.25, 0.3) is 0 Å². The molecule has 0 spiro atoms. The molecule has 1 atom stereocenters. The molecule has 0 bridgehead atoms. The van der Waals surface area contributed by atoms with E-state index in [0.29, 0.717) is 12.6 Å². The number of piperazine rings is 1. The number of ether oxygens (including phenoxy) is 1. The Morgan fingerprint density at radius 3 is 2.86 bits per heavy atom. The fourth-order valence-corrected chi connectivity index (χ4v) is 2.56. The Hall–Kier alpha value is -1.10. The molecular weight excluding hydrogens is 288 g/mol. The van der Waals surface area contributed by atoms with E-state index in [0.717, 1.165) is 43.1 Å². The minimum absolute atomic E-state index is 0. The summed E-state index contributed by atoms with van der Waals surface area (Å²) in [6, 6.07) is 6.24. The summed E-state index contributed by atoms with van der Waals surface area (Å²) < 4.78 is 5.69. The molecule has 1 saturated heterocycles. The number of rotatable bonds is 5. The molecule has 1 fully saturated rings. The van der Waals surface area contributed by atoms with Crippen molar-refractivity contribution in [2.75, 3.05) is 26.2 Å². The van der Waals surface area contributed by atoms with Gasteiger partial charge in [-0.15, -0.1) is 12.4 Å². The minimum atomic E-state index is 0. The molecule has 118 valence electrons. The van der Waals surface area contributed by atoms with Crippen LogP contribution < -0.4 is 10.1 Å². The van der Waals surface area contributed by atoms with Gasteiger partial charge in [-0.2, -0.15) is 0 Å². The van der Waals surface area contributed by atoms with Crippen LogP contribution >= 0.6 is 12.4 Å².